The Morgan fingerprint density at radius 3 is 2.67 bits per heavy atom. The molecule has 0 aromatic heterocycles. The average molecular weight is 248 g/mol. The average Bonchev–Trinajstić information content (AvgIpc) is 2.39. The standard InChI is InChI=1S/C10H12N6O2/c11-15-13-5-4-9(17)10(18)7-2-1-3-8(6-7)14-16-12/h1-3,6,9-10,17-18H,4-5H2. The maximum Gasteiger partial charge on any atom is 0.105 e. The summed E-state index contributed by atoms with van der Waals surface area (Å²) in [4.78, 5) is 5.19. The molecule has 8 nitrogen and oxygen atoms in total. The lowest BCUT2D eigenvalue weighted by Crippen LogP contribution is -2.19. The lowest BCUT2D eigenvalue weighted by molar-refractivity contribution is 0.0150. The van der Waals surface area contributed by atoms with Crippen molar-refractivity contribution in [3.63, 3.8) is 0 Å². The number of hydrogen-bond donors (Lipinski definition) is 2. The zero-order valence-corrected chi connectivity index (χ0v) is 9.46. The summed E-state index contributed by atoms with van der Waals surface area (Å²) < 4.78 is 0. The molecule has 0 aliphatic rings. The summed E-state index contributed by atoms with van der Waals surface area (Å²) in [5.74, 6) is 0. The van der Waals surface area contributed by atoms with Crippen LogP contribution in [0.5, 0.6) is 0 Å². The Balaban J connectivity index is 2.75. The predicted octanol–water partition coefficient (Wildman–Crippen LogP) is 2.72. The number of benzene rings is 1. The third-order valence-corrected chi connectivity index (χ3v) is 2.32. The summed E-state index contributed by atoms with van der Waals surface area (Å²) in [5, 5.41) is 26.2. The van der Waals surface area contributed by atoms with Crippen LogP contribution in [0.1, 0.15) is 18.1 Å². The second-order valence-corrected chi connectivity index (χ2v) is 3.54. The van der Waals surface area contributed by atoms with Crippen molar-refractivity contribution in [1.82, 2.24) is 0 Å². The van der Waals surface area contributed by atoms with E-state index >= 15 is 0 Å². The van der Waals surface area contributed by atoms with Gasteiger partial charge in [-0.1, -0.05) is 28.4 Å². The van der Waals surface area contributed by atoms with Gasteiger partial charge >= 0.3 is 0 Å². The number of aliphatic hydroxyl groups excluding tert-OH is 2. The molecular formula is C10H12N6O2. The van der Waals surface area contributed by atoms with Crippen molar-refractivity contribution in [2.24, 2.45) is 10.2 Å². The van der Waals surface area contributed by atoms with Gasteiger partial charge in [0, 0.05) is 22.1 Å². The highest BCUT2D eigenvalue weighted by atomic mass is 16.3. The summed E-state index contributed by atoms with van der Waals surface area (Å²) in [6.45, 7) is 0.102. The molecule has 0 fully saturated rings. The monoisotopic (exact) mass is 248 g/mol. The van der Waals surface area contributed by atoms with Crippen molar-refractivity contribution in [2.75, 3.05) is 6.54 Å². The quantitative estimate of drug-likeness (QED) is 0.454. The van der Waals surface area contributed by atoms with Gasteiger partial charge in [-0.3, -0.25) is 0 Å². The van der Waals surface area contributed by atoms with E-state index in [0.717, 1.165) is 0 Å². The van der Waals surface area contributed by atoms with Gasteiger partial charge in [0.15, 0.2) is 0 Å². The van der Waals surface area contributed by atoms with Crippen LogP contribution in [-0.4, -0.2) is 22.9 Å². The van der Waals surface area contributed by atoms with Crippen molar-refractivity contribution in [1.29, 1.82) is 0 Å². The molecule has 1 aromatic rings. The number of azide groups is 2. The Labute approximate surface area is 103 Å². The molecule has 2 unspecified atom stereocenters. The van der Waals surface area contributed by atoms with Gasteiger partial charge in [-0.15, -0.1) is 0 Å². The van der Waals surface area contributed by atoms with Crippen LogP contribution < -0.4 is 0 Å². The Kier molecular flexibility index (Phi) is 5.50. The first kappa shape index (κ1) is 13.8. The van der Waals surface area contributed by atoms with Gasteiger partial charge < -0.3 is 10.2 Å². The minimum absolute atomic E-state index is 0.102. The van der Waals surface area contributed by atoms with Crippen LogP contribution in [-0.2, 0) is 0 Å². The van der Waals surface area contributed by atoms with E-state index in [2.05, 4.69) is 20.1 Å². The maximum absolute atomic E-state index is 9.86. The molecule has 0 saturated carbocycles. The smallest absolute Gasteiger partial charge is 0.105 e. The van der Waals surface area contributed by atoms with Crippen LogP contribution in [0, 0.1) is 0 Å². The van der Waals surface area contributed by atoms with Crippen LogP contribution in [0.4, 0.5) is 5.69 Å². The van der Waals surface area contributed by atoms with Crippen molar-refractivity contribution in [3.8, 4) is 0 Å². The normalized spacial score (nSPS) is 13.0. The minimum atomic E-state index is -1.12. The van der Waals surface area contributed by atoms with E-state index in [1.807, 2.05) is 0 Å². The van der Waals surface area contributed by atoms with Crippen molar-refractivity contribution in [3.05, 3.63) is 50.7 Å². The molecule has 0 spiro atoms. The van der Waals surface area contributed by atoms with Gasteiger partial charge in [0.25, 0.3) is 0 Å². The molecule has 0 radical (unpaired) electrons. The fourth-order valence-corrected chi connectivity index (χ4v) is 1.44. The molecule has 94 valence electrons. The molecule has 0 aliphatic carbocycles. The van der Waals surface area contributed by atoms with Crippen LogP contribution in [0.2, 0.25) is 0 Å². The second-order valence-electron chi connectivity index (χ2n) is 3.54. The zero-order valence-electron chi connectivity index (χ0n) is 9.46. The molecule has 0 aliphatic heterocycles. The molecular weight excluding hydrogens is 236 g/mol. The van der Waals surface area contributed by atoms with Gasteiger partial charge in [0.05, 0.1) is 6.10 Å². The highest BCUT2D eigenvalue weighted by Gasteiger charge is 2.17. The van der Waals surface area contributed by atoms with Crippen LogP contribution in [0.25, 0.3) is 20.9 Å². The lowest BCUT2D eigenvalue weighted by atomic mass is 10.0. The fraction of sp³-hybridized carbons (Fsp3) is 0.400. The third kappa shape index (κ3) is 3.97. The third-order valence-electron chi connectivity index (χ3n) is 2.32. The first-order valence-electron chi connectivity index (χ1n) is 5.21. The maximum atomic E-state index is 9.86. The first-order valence-corrected chi connectivity index (χ1v) is 5.21. The van der Waals surface area contributed by atoms with Gasteiger partial charge in [0.1, 0.15) is 6.10 Å². The Morgan fingerprint density at radius 1 is 1.22 bits per heavy atom. The largest absolute Gasteiger partial charge is 0.390 e. The topological polar surface area (TPSA) is 138 Å². The fourth-order valence-electron chi connectivity index (χ4n) is 1.44. The van der Waals surface area contributed by atoms with Gasteiger partial charge in [0.2, 0.25) is 0 Å². The van der Waals surface area contributed by atoms with E-state index in [0.29, 0.717) is 11.3 Å². The van der Waals surface area contributed by atoms with E-state index in [1.54, 1.807) is 18.2 Å². The van der Waals surface area contributed by atoms with E-state index in [1.165, 1.54) is 6.07 Å². The Morgan fingerprint density at radius 2 is 2.00 bits per heavy atom. The summed E-state index contributed by atoms with van der Waals surface area (Å²) in [6.07, 6.45) is -2.01. The van der Waals surface area contributed by atoms with Gasteiger partial charge in [-0.2, -0.15) is 0 Å². The van der Waals surface area contributed by atoms with Crippen molar-refractivity contribution >= 4 is 5.69 Å². The van der Waals surface area contributed by atoms with E-state index in [4.69, 9.17) is 11.1 Å². The van der Waals surface area contributed by atoms with E-state index < -0.39 is 12.2 Å². The number of aliphatic hydroxyl groups is 2. The summed E-state index contributed by atoms with van der Waals surface area (Å²) >= 11 is 0. The van der Waals surface area contributed by atoms with Crippen LogP contribution >= 0.6 is 0 Å². The molecule has 0 amide bonds. The molecule has 2 N–H and O–H groups in total. The van der Waals surface area contributed by atoms with E-state index in [9.17, 15) is 10.2 Å². The summed E-state index contributed by atoms with van der Waals surface area (Å²) in [5.41, 5.74) is 17.2. The van der Waals surface area contributed by atoms with Crippen molar-refractivity contribution < 1.29 is 10.2 Å². The summed E-state index contributed by atoms with van der Waals surface area (Å²) in [6, 6.07) is 6.30. The Bertz CT molecular complexity index is 493. The zero-order chi connectivity index (χ0) is 13.4. The number of rotatable bonds is 6. The minimum Gasteiger partial charge on any atom is -0.390 e. The predicted molar refractivity (Wildman–Crippen MR) is 64.8 cm³/mol. The molecule has 1 aromatic carbocycles. The highest BCUT2D eigenvalue weighted by molar-refractivity contribution is 5.40. The highest BCUT2D eigenvalue weighted by Crippen LogP contribution is 2.23. The molecule has 0 saturated heterocycles. The molecule has 1 rings (SSSR count). The molecule has 18 heavy (non-hydrogen) atoms. The molecule has 2 atom stereocenters. The van der Waals surface area contributed by atoms with Crippen LogP contribution in [0.15, 0.2) is 34.5 Å². The molecule has 8 heteroatoms. The summed E-state index contributed by atoms with van der Waals surface area (Å²) in [7, 11) is 0. The second kappa shape index (κ2) is 7.16. The number of hydrogen-bond acceptors (Lipinski definition) is 4. The van der Waals surface area contributed by atoms with Gasteiger partial charge in [-0.05, 0) is 29.1 Å². The van der Waals surface area contributed by atoms with Crippen LogP contribution in [0.3, 0.4) is 0 Å². The SMILES string of the molecule is [N-]=[N+]=NCCC(O)C(O)c1cccc(N=[N+]=[N-])c1. The lowest BCUT2D eigenvalue weighted by Gasteiger charge is -2.17. The number of nitrogens with zero attached hydrogens (tertiary/aromatic N) is 6. The van der Waals surface area contributed by atoms with E-state index in [-0.39, 0.29) is 13.0 Å². The molecule has 0 bridgehead atoms. The van der Waals surface area contributed by atoms with Crippen molar-refractivity contribution in [2.45, 2.75) is 18.6 Å². The Hall–Kier alpha value is -2.24. The molecule has 0 heterocycles. The first-order chi connectivity index (χ1) is 8.69. The van der Waals surface area contributed by atoms with Gasteiger partial charge in [-0.25, -0.2) is 0 Å².